The molecular formula is C14H27Cl2N5O3. The van der Waals surface area contributed by atoms with E-state index < -0.39 is 6.04 Å². The van der Waals surface area contributed by atoms with Crippen molar-refractivity contribution < 1.29 is 14.3 Å². The number of carbonyl (C=O) groups is 2. The van der Waals surface area contributed by atoms with Crippen molar-refractivity contribution in [3.63, 3.8) is 0 Å². The number of likely N-dealkylation sites (N-methyl/N-ethyl adjacent to an activating group) is 1. The summed E-state index contributed by atoms with van der Waals surface area (Å²) in [5, 5.41) is 9.92. The van der Waals surface area contributed by atoms with Crippen LogP contribution in [-0.4, -0.2) is 73.4 Å². The van der Waals surface area contributed by atoms with Crippen molar-refractivity contribution in [1.82, 2.24) is 25.3 Å². The van der Waals surface area contributed by atoms with Gasteiger partial charge in [-0.25, -0.2) is 0 Å². The van der Waals surface area contributed by atoms with E-state index in [9.17, 15) is 9.59 Å². The van der Waals surface area contributed by atoms with Gasteiger partial charge in [0.2, 0.25) is 11.8 Å². The van der Waals surface area contributed by atoms with Gasteiger partial charge in [-0.3, -0.25) is 14.3 Å². The van der Waals surface area contributed by atoms with Crippen LogP contribution in [0, 0.1) is 0 Å². The summed E-state index contributed by atoms with van der Waals surface area (Å²) in [6.07, 6.45) is 3.34. The van der Waals surface area contributed by atoms with E-state index in [-0.39, 0.29) is 43.2 Å². The third-order valence-electron chi connectivity index (χ3n) is 3.14. The predicted molar refractivity (Wildman–Crippen MR) is 96.8 cm³/mol. The van der Waals surface area contributed by atoms with Gasteiger partial charge in [0, 0.05) is 46.2 Å². The van der Waals surface area contributed by atoms with Crippen molar-refractivity contribution in [2.75, 3.05) is 46.9 Å². The Kier molecular flexibility index (Phi) is 14.6. The number of aromatic nitrogens is 2. The lowest BCUT2D eigenvalue weighted by Gasteiger charge is -2.21. The molecule has 2 amide bonds. The summed E-state index contributed by atoms with van der Waals surface area (Å²) in [5.74, 6) is -0.339. The lowest BCUT2D eigenvalue weighted by Crippen LogP contribution is -2.42. The van der Waals surface area contributed by atoms with E-state index in [1.54, 1.807) is 44.2 Å². The van der Waals surface area contributed by atoms with Gasteiger partial charge < -0.3 is 20.3 Å². The van der Waals surface area contributed by atoms with Crippen LogP contribution < -0.4 is 10.6 Å². The zero-order valence-corrected chi connectivity index (χ0v) is 15.9. The highest BCUT2D eigenvalue weighted by Crippen LogP contribution is 2.06. The van der Waals surface area contributed by atoms with Crippen LogP contribution in [0.15, 0.2) is 18.5 Å². The maximum absolute atomic E-state index is 12.2. The summed E-state index contributed by atoms with van der Waals surface area (Å²) in [6.45, 7) is 4.34. The van der Waals surface area contributed by atoms with Crippen LogP contribution in [0.3, 0.4) is 0 Å². The van der Waals surface area contributed by atoms with Gasteiger partial charge in [0.1, 0.15) is 6.04 Å². The Balaban J connectivity index is 0. The average Bonchev–Trinajstić information content (AvgIpc) is 3.03. The second-order valence-corrected chi connectivity index (χ2v) is 4.95. The molecule has 0 bridgehead atoms. The van der Waals surface area contributed by atoms with E-state index >= 15 is 0 Å². The molecule has 1 atom stereocenters. The van der Waals surface area contributed by atoms with Crippen LogP contribution in [0.1, 0.15) is 13.0 Å². The fraction of sp³-hybridized carbons (Fsp3) is 0.643. The maximum atomic E-state index is 12.2. The summed E-state index contributed by atoms with van der Waals surface area (Å²) < 4.78 is 6.47. The molecule has 0 aliphatic carbocycles. The molecule has 10 heteroatoms. The second-order valence-electron chi connectivity index (χ2n) is 4.95. The van der Waals surface area contributed by atoms with Gasteiger partial charge in [0.15, 0.2) is 0 Å². The summed E-state index contributed by atoms with van der Waals surface area (Å²) >= 11 is 0. The van der Waals surface area contributed by atoms with Crippen molar-refractivity contribution in [3.8, 4) is 0 Å². The lowest BCUT2D eigenvalue weighted by molar-refractivity contribution is -0.137. The summed E-state index contributed by atoms with van der Waals surface area (Å²) in [4.78, 5) is 25.4. The summed E-state index contributed by atoms with van der Waals surface area (Å²) in [7, 11) is 3.25. The molecule has 0 radical (unpaired) electrons. The number of carbonyl (C=O) groups excluding carboxylic acids is 2. The van der Waals surface area contributed by atoms with Gasteiger partial charge in [-0.1, -0.05) is 0 Å². The van der Waals surface area contributed by atoms with Gasteiger partial charge in [-0.2, -0.15) is 5.10 Å². The first-order valence-corrected chi connectivity index (χ1v) is 7.26. The predicted octanol–water partition coefficient (Wildman–Crippen LogP) is 0.0983. The van der Waals surface area contributed by atoms with Crippen molar-refractivity contribution in [3.05, 3.63) is 18.5 Å². The number of hydrogen-bond donors (Lipinski definition) is 2. The quantitative estimate of drug-likeness (QED) is 0.559. The number of nitrogens with zero attached hydrogens (tertiary/aromatic N) is 3. The standard InChI is InChI=1S/C14H25N5O3.2ClH/c1-12(19-9-4-5-17-19)14(21)18(2)11-13(20)16-7-6-15-8-10-22-3;;/h4-5,9,12,15H,6-8,10-11H2,1-3H3,(H,16,20);2*1H. The number of methoxy groups -OCH3 is 1. The fourth-order valence-electron chi connectivity index (χ4n) is 1.88. The van der Waals surface area contributed by atoms with E-state index in [0.717, 1.165) is 6.54 Å². The highest BCUT2D eigenvalue weighted by Gasteiger charge is 2.20. The van der Waals surface area contributed by atoms with E-state index in [0.29, 0.717) is 19.7 Å². The van der Waals surface area contributed by atoms with Crippen molar-refractivity contribution in [2.24, 2.45) is 0 Å². The number of nitrogens with one attached hydrogen (secondary N) is 2. The van der Waals surface area contributed by atoms with Crippen LogP contribution in [0.2, 0.25) is 0 Å². The number of rotatable bonds is 10. The van der Waals surface area contributed by atoms with Gasteiger partial charge in [0.25, 0.3) is 0 Å². The molecule has 1 unspecified atom stereocenters. The Hall–Kier alpha value is -1.35. The van der Waals surface area contributed by atoms with E-state index in [4.69, 9.17) is 4.74 Å². The van der Waals surface area contributed by atoms with Gasteiger partial charge >= 0.3 is 0 Å². The third-order valence-corrected chi connectivity index (χ3v) is 3.14. The smallest absolute Gasteiger partial charge is 0.247 e. The third kappa shape index (κ3) is 9.07. The molecule has 8 nitrogen and oxygen atoms in total. The van der Waals surface area contributed by atoms with Crippen LogP contribution in [0.4, 0.5) is 0 Å². The Morgan fingerprint density at radius 3 is 2.58 bits per heavy atom. The first-order valence-electron chi connectivity index (χ1n) is 7.26. The van der Waals surface area contributed by atoms with E-state index in [1.165, 1.54) is 4.90 Å². The van der Waals surface area contributed by atoms with Crippen LogP contribution >= 0.6 is 24.8 Å². The van der Waals surface area contributed by atoms with Gasteiger partial charge in [-0.15, -0.1) is 24.8 Å². The molecule has 0 aliphatic heterocycles. The van der Waals surface area contributed by atoms with Crippen LogP contribution in [-0.2, 0) is 14.3 Å². The average molecular weight is 384 g/mol. The Labute approximate surface area is 155 Å². The number of halogens is 2. The van der Waals surface area contributed by atoms with Crippen LogP contribution in [0.25, 0.3) is 0 Å². The molecule has 1 rings (SSSR count). The first kappa shape index (κ1) is 24.9. The molecule has 2 N–H and O–H groups in total. The van der Waals surface area contributed by atoms with Gasteiger partial charge in [-0.05, 0) is 13.0 Å². The fourth-order valence-corrected chi connectivity index (χ4v) is 1.88. The number of amides is 2. The highest BCUT2D eigenvalue weighted by molar-refractivity contribution is 5.86. The molecule has 0 saturated carbocycles. The van der Waals surface area contributed by atoms with Crippen LogP contribution in [0.5, 0.6) is 0 Å². The Morgan fingerprint density at radius 1 is 1.29 bits per heavy atom. The molecule has 140 valence electrons. The normalized spacial score (nSPS) is 11.0. The Bertz CT molecular complexity index is 459. The minimum Gasteiger partial charge on any atom is -0.383 e. The second kappa shape index (κ2) is 14.0. The Morgan fingerprint density at radius 2 is 2.00 bits per heavy atom. The van der Waals surface area contributed by atoms with Crippen molar-refractivity contribution in [2.45, 2.75) is 13.0 Å². The molecular weight excluding hydrogens is 357 g/mol. The topological polar surface area (TPSA) is 88.5 Å². The molecule has 0 fully saturated rings. The largest absolute Gasteiger partial charge is 0.383 e. The minimum atomic E-state index is -0.427. The number of ether oxygens (including phenoxy) is 1. The summed E-state index contributed by atoms with van der Waals surface area (Å²) in [5.41, 5.74) is 0. The molecule has 1 aromatic heterocycles. The van der Waals surface area contributed by atoms with Crippen molar-refractivity contribution in [1.29, 1.82) is 0 Å². The zero-order chi connectivity index (χ0) is 16.4. The molecule has 0 spiro atoms. The minimum absolute atomic E-state index is 0. The van der Waals surface area contributed by atoms with Crippen molar-refractivity contribution >= 4 is 36.6 Å². The van der Waals surface area contributed by atoms with E-state index in [1.807, 2.05) is 0 Å². The molecule has 0 aliphatic rings. The molecule has 1 aromatic rings. The lowest BCUT2D eigenvalue weighted by atomic mass is 10.3. The maximum Gasteiger partial charge on any atom is 0.247 e. The molecule has 0 aromatic carbocycles. The van der Waals surface area contributed by atoms with Gasteiger partial charge in [0.05, 0.1) is 13.2 Å². The number of hydrogen-bond acceptors (Lipinski definition) is 5. The molecule has 0 saturated heterocycles. The monoisotopic (exact) mass is 383 g/mol. The highest BCUT2D eigenvalue weighted by atomic mass is 35.5. The molecule has 1 heterocycles. The molecule has 24 heavy (non-hydrogen) atoms. The summed E-state index contributed by atoms with van der Waals surface area (Å²) in [6, 6.07) is 1.33. The first-order chi connectivity index (χ1) is 10.6. The SMILES string of the molecule is COCCNCCNC(=O)CN(C)C(=O)C(C)n1cccn1.Cl.Cl. The zero-order valence-electron chi connectivity index (χ0n) is 14.2. The van der Waals surface area contributed by atoms with E-state index in [2.05, 4.69) is 15.7 Å².